The van der Waals surface area contributed by atoms with Crippen molar-refractivity contribution >= 4 is 5.91 Å². The van der Waals surface area contributed by atoms with Crippen LogP contribution >= 0.6 is 0 Å². The molecular weight excluding hydrogens is 176 g/mol. The molecule has 0 saturated heterocycles. The Labute approximate surface area is 86.6 Å². The Morgan fingerprint density at radius 2 is 2.21 bits per heavy atom. The monoisotopic (exact) mass is 196 g/mol. The van der Waals surface area contributed by atoms with E-state index in [4.69, 9.17) is 6.42 Å². The van der Waals surface area contributed by atoms with Gasteiger partial charge in [-0.05, 0) is 26.3 Å². The van der Waals surface area contributed by atoms with Crippen LogP contribution in [-0.2, 0) is 4.79 Å². The Morgan fingerprint density at radius 3 is 2.79 bits per heavy atom. The van der Waals surface area contributed by atoms with Crippen molar-refractivity contribution in [3.63, 3.8) is 0 Å². The van der Waals surface area contributed by atoms with Crippen molar-refractivity contribution in [2.45, 2.75) is 38.6 Å². The Kier molecular flexibility index (Phi) is 7.96. The van der Waals surface area contributed by atoms with Gasteiger partial charge in [-0.15, -0.1) is 12.3 Å². The molecular formula is C11H20N2O. The van der Waals surface area contributed by atoms with Gasteiger partial charge in [0.1, 0.15) is 0 Å². The first-order chi connectivity index (χ1) is 6.70. The first kappa shape index (κ1) is 13.0. The van der Waals surface area contributed by atoms with Crippen molar-refractivity contribution in [1.29, 1.82) is 0 Å². The molecule has 0 aromatic rings. The zero-order valence-electron chi connectivity index (χ0n) is 9.10. The number of hydrogen-bond donors (Lipinski definition) is 2. The van der Waals surface area contributed by atoms with Crippen LogP contribution in [-0.4, -0.2) is 25.5 Å². The van der Waals surface area contributed by atoms with Crippen LogP contribution in [0.5, 0.6) is 0 Å². The molecule has 80 valence electrons. The maximum absolute atomic E-state index is 11.0. The van der Waals surface area contributed by atoms with Gasteiger partial charge in [-0.1, -0.05) is 0 Å². The maximum atomic E-state index is 11.0. The lowest BCUT2D eigenvalue weighted by Gasteiger charge is -2.12. The van der Waals surface area contributed by atoms with Crippen molar-refractivity contribution < 1.29 is 4.79 Å². The van der Waals surface area contributed by atoms with Gasteiger partial charge >= 0.3 is 0 Å². The highest BCUT2D eigenvalue weighted by Crippen LogP contribution is 1.94. The quantitative estimate of drug-likeness (QED) is 0.469. The summed E-state index contributed by atoms with van der Waals surface area (Å²) >= 11 is 0. The molecule has 3 heteroatoms. The molecule has 1 atom stereocenters. The first-order valence-corrected chi connectivity index (χ1v) is 5.08. The Morgan fingerprint density at radius 1 is 1.50 bits per heavy atom. The smallest absolute Gasteiger partial charge is 0.221 e. The van der Waals surface area contributed by atoms with Crippen LogP contribution in [0.1, 0.15) is 32.6 Å². The third-order valence-electron chi connectivity index (χ3n) is 2.01. The lowest BCUT2D eigenvalue weighted by molar-refractivity contribution is -0.121. The molecule has 0 saturated carbocycles. The van der Waals surface area contributed by atoms with Gasteiger partial charge < -0.3 is 10.6 Å². The van der Waals surface area contributed by atoms with E-state index in [9.17, 15) is 4.79 Å². The van der Waals surface area contributed by atoms with Gasteiger partial charge in [0, 0.05) is 25.9 Å². The van der Waals surface area contributed by atoms with E-state index in [1.165, 1.54) is 0 Å². The standard InChI is InChI=1S/C11H20N2O/c1-4-5-6-7-8-13-10(2)9-11(14)12-3/h1,10,13H,5-9H2,2-3H3,(H,12,14). The predicted molar refractivity (Wildman–Crippen MR) is 58.8 cm³/mol. The molecule has 0 spiro atoms. The Bertz CT molecular complexity index is 196. The number of rotatable bonds is 7. The zero-order valence-corrected chi connectivity index (χ0v) is 9.10. The van der Waals surface area contributed by atoms with Crippen LogP contribution in [0.2, 0.25) is 0 Å². The second-order valence-corrected chi connectivity index (χ2v) is 3.39. The van der Waals surface area contributed by atoms with E-state index in [0.29, 0.717) is 6.42 Å². The Hall–Kier alpha value is -1.01. The van der Waals surface area contributed by atoms with Crippen LogP contribution in [0.25, 0.3) is 0 Å². The number of unbranched alkanes of at least 4 members (excludes halogenated alkanes) is 2. The van der Waals surface area contributed by atoms with Gasteiger partial charge in [0.2, 0.25) is 5.91 Å². The largest absolute Gasteiger partial charge is 0.359 e. The number of hydrogen-bond acceptors (Lipinski definition) is 2. The molecule has 1 unspecified atom stereocenters. The first-order valence-electron chi connectivity index (χ1n) is 5.08. The van der Waals surface area contributed by atoms with E-state index >= 15 is 0 Å². The SMILES string of the molecule is C#CCCCCNC(C)CC(=O)NC. The van der Waals surface area contributed by atoms with Crippen molar-refractivity contribution in [2.75, 3.05) is 13.6 Å². The molecule has 0 aromatic carbocycles. The maximum Gasteiger partial charge on any atom is 0.221 e. The zero-order chi connectivity index (χ0) is 10.8. The van der Waals surface area contributed by atoms with Crippen LogP contribution in [0.15, 0.2) is 0 Å². The van der Waals surface area contributed by atoms with Crippen molar-refractivity contribution in [3.05, 3.63) is 0 Å². The second kappa shape index (κ2) is 8.58. The highest BCUT2D eigenvalue weighted by molar-refractivity contribution is 5.76. The molecule has 0 rings (SSSR count). The third kappa shape index (κ3) is 7.63. The highest BCUT2D eigenvalue weighted by Gasteiger charge is 2.05. The summed E-state index contributed by atoms with van der Waals surface area (Å²) in [6, 6.07) is 0.237. The number of amides is 1. The normalized spacial score (nSPS) is 11.8. The summed E-state index contributed by atoms with van der Waals surface area (Å²) in [5.74, 6) is 2.68. The molecule has 0 heterocycles. The van der Waals surface area contributed by atoms with Crippen LogP contribution < -0.4 is 10.6 Å². The van der Waals surface area contributed by atoms with E-state index < -0.39 is 0 Å². The molecule has 0 aliphatic heterocycles. The van der Waals surface area contributed by atoms with Gasteiger partial charge in [-0.25, -0.2) is 0 Å². The van der Waals surface area contributed by atoms with E-state index in [-0.39, 0.29) is 11.9 Å². The lowest BCUT2D eigenvalue weighted by atomic mass is 10.2. The summed E-state index contributed by atoms with van der Waals surface area (Å²) < 4.78 is 0. The van der Waals surface area contributed by atoms with Gasteiger partial charge in [-0.2, -0.15) is 0 Å². The van der Waals surface area contributed by atoms with Gasteiger partial charge in [-0.3, -0.25) is 4.79 Å². The van der Waals surface area contributed by atoms with Crippen molar-refractivity contribution in [2.24, 2.45) is 0 Å². The fraction of sp³-hybridized carbons (Fsp3) is 0.727. The van der Waals surface area contributed by atoms with E-state index in [2.05, 4.69) is 16.6 Å². The predicted octanol–water partition coefficient (Wildman–Crippen LogP) is 0.904. The molecule has 0 bridgehead atoms. The summed E-state index contributed by atoms with van der Waals surface area (Å²) in [5, 5.41) is 5.88. The number of terminal acetylenes is 1. The molecule has 0 aliphatic rings. The summed E-state index contributed by atoms with van der Waals surface area (Å²) in [5.41, 5.74) is 0. The van der Waals surface area contributed by atoms with E-state index in [1.807, 2.05) is 6.92 Å². The summed E-state index contributed by atoms with van der Waals surface area (Å²) in [6.45, 7) is 2.94. The topological polar surface area (TPSA) is 41.1 Å². The number of carbonyl (C=O) groups is 1. The van der Waals surface area contributed by atoms with Gasteiger partial charge in [0.25, 0.3) is 0 Å². The fourth-order valence-corrected chi connectivity index (χ4v) is 1.15. The molecule has 14 heavy (non-hydrogen) atoms. The van der Waals surface area contributed by atoms with Crippen LogP contribution in [0, 0.1) is 12.3 Å². The van der Waals surface area contributed by atoms with Gasteiger partial charge in [0.05, 0.1) is 0 Å². The molecule has 0 fully saturated rings. The molecule has 0 aromatic heterocycles. The molecule has 3 nitrogen and oxygen atoms in total. The fourth-order valence-electron chi connectivity index (χ4n) is 1.15. The average molecular weight is 196 g/mol. The third-order valence-corrected chi connectivity index (χ3v) is 2.01. The number of nitrogens with one attached hydrogen (secondary N) is 2. The minimum atomic E-state index is 0.0774. The van der Waals surface area contributed by atoms with Crippen molar-refractivity contribution in [1.82, 2.24) is 10.6 Å². The minimum absolute atomic E-state index is 0.0774. The summed E-state index contributed by atoms with van der Waals surface area (Å²) in [4.78, 5) is 11.0. The summed E-state index contributed by atoms with van der Waals surface area (Å²) in [6.07, 6.45) is 8.63. The van der Waals surface area contributed by atoms with Crippen LogP contribution in [0.4, 0.5) is 0 Å². The molecule has 0 radical (unpaired) electrons. The van der Waals surface area contributed by atoms with Crippen molar-refractivity contribution in [3.8, 4) is 12.3 Å². The lowest BCUT2D eigenvalue weighted by Crippen LogP contribution is -2.32. The highest BCUT2D eigenvalue weighted by atomic mass is 16.1. The average Bonchev–Trinajstić information content (AvgIpc) is 2.17. The van der Waals surface area contributed by atoms with Crippen LogP contribution in [0.3, 0.4) is 0 Å². The number of carbonyl (C=O) groups excluding carboxylic acids is 1. The molecule has 0 aliphatic carbocycles. The minimum Gasteiger partial charge on any atom is -0.359 e. The van der Waals surface area contributed by atoms with E-state index in [0.717, 1.165) is 25.8 Å². The van der Waals surface area contributed by atoms with E-state index in [1.54, 1.807) is 7.05 Å². The second-order valence-electron chi connectivity index (χ2n) is 3.39. The molecule has 1 amide bonds. The molecule has 2 N–H and O–H groups in total. The van der Waals surface area contributed by atoms with Gasteiger partial charge in [0.15, 0.2) is 0 Å². The Balaban J connectivity index is 3.31. The summed E-state index contributed by atoms with van der Waals surface area (Å²) in [7, 11) is 1.65.